The summed E-state index contributed by atoms with van der Waals surface area (Å²) in [6, 6.07) is 3.36. The summed E-state index contributed by atoms with van der Waals surface area (Å²) in [6.45, 7) is 0. The minimum absolute atomic E-state index is 0.123. The summed E-state index contributed by atoms with van der Waals surface area (Å²) in [4.78, 5) is 17.7. The van der Waals surface area contributed by atoms with Gasteiger partial charge >= 0.3 is 0 Å². The van der Waals surface area contributed by atoms with Crippen LogP contribution in [-0.2, 0) is 0 Å². The minimum Gasteiger partial charge on any atom is -0.493 e. The van der Waals surface area contributed by atoms with E-state index < -0.39 is 0 Å². The quantitative estimate of drug-likeness (QED) is 0.633. The van der Waals surface area contributed by atoms with Crippen LogP contribution in [0.4, 0.5) is 0 Å². The first-order valence-electron chi connectivity index (χ1n) is 9.48. The van der Waals surface area contributed by atoms with Gasteiger partial charge in [-0.3, -0.25) is 4.79 Å². The third-order valence-corrected chi connectivity index (χ3v) is 6.14. The van der Waals surface area contributed by atoms with Crippen molar-refractivity contribution < 1.29 is 19.0 Å². The normalized spacial score (nSPS) is 15.7. The topological polar surface area (TPSA) is 57.7 Å². The maximum Gasteiger partial charge on any atom is 0.212 e. The Kier molecular flexibility index (Phi) is 6.72. The predicted octanol–water partition coefficient (Wildman–Crippen LogP) is 5.23. The lowest BCUT2D eigenvalue weighted by molar-refractivity contribution is 0.103. The summed E-state index contributed by atoms with van der Waals surface area (Å²) >= 11 is 1.60. The van der Waals surface area contributed by atoms with Crippen molar-refractivity contribution in [1.82, 2.24) is 4.98 Å². The molecule has 1 saturated carbocycles. The Hall–Kier alpha value is -2.08. The number of carbonyl (C=O) groups excluding carboxylic acids is 1. The van der Waals surface area contributed by atoms with E-state index in [4.69, 9.17) is 19.2 Å². The lowest BCUT2D eigenvalue weighted by atomic mass is 9.92. The monoisotopic (exact) mass is 389 g/mol. The fraction of sp³-hybridized carbons (Fsp3) is 0.524. The van der Waals surface area contributed by atoms with Crippen molar-refractivity contribution in [2.75, 3.05) is 21.3 Å². The molecule has 1 aliphatic carbocycles. The SMILES string of the molecule is COc1cc(C(=O)c2csc(C3CCCCCCC3)n2)cc(OC)c1OC. The molecule has 0 radical (unpaired) electrons. The second kappa shape index (κ2) is 9.22. The number of rotatable bonds is 6. The first-order valence-corrected chi connectivity index (χ1v) is 10.4. The summed E-state index contributed by atoms with van der Waals surface area (Å²) in [5.41, 5.74) is 0.977. The molecule has 0 aliphatic heterocycles. The van der Waals surface area contributed by atoms with E-state index in [9.17, 15) is 4.79 Å². The zero-order chi connectivity index (χ0) is 19.2. The molecule has 27 heavy (non-hydrogen) atoms. The van der Waals surface area contributed by atoms with Gasteiger partial charge in [0.25, 0.3) is 0 Å². The number of nitrogens with zero attached hydrogens (tertiary/aromatic N) is 1. The van der Waals surface area contributed by atoms with Gasteiger partial charge < -0.3 is 14.2 Å². The van der Waals surface area contributed by atoms with E-state index in [2.05, 4.69) is 0 Å². The predicted molar refractivity (Wildman–Crippen MR) is 107 cm³/mol. The van der Waals surface area contributed by atoms with Gasteiger partial charge in [-0.15, -0.1) is 11.3 Å². The fourth-order valence-electron chi connectivity index (χ4n) is 3.64. The van der Waals surface area contributed by atoms with Gasteiger partial charge in [-0.25, -0.2) is 4.98 Å². The Morgan fingerprint density at radius 2 is 1.56 bits per heavy atom. The van der Waals surface area contributed by atoms with Crippen molar-refractivity contribution in [1.29, 1.82) is 0 Å². The van der Waals surface area contributed by atoms with Gasteiger partial charge in [-0.05, 0) is 25.0 Å². The smallest absolute Gasteiger partial charge is 0.212 e. The lowest BCUT2D eigenvalue weighted by Gasteiger charge is -2.17. The van der Waals surface area contributed by atoms with Crippen LogP contribution in [0.25, 0.3) is 0 Å². The van der Waals surface area contributed by atoms with E-state index in [1.54, 1.807) is 44.8 Å². The summed E-state index contributed by atoms with van der Waals surface area (Å²) in [7, 11) is 4.63. The number of ketones is 1. The molecule has 0 spiro atoms. The molecule has 0 saturated heterocycles. The molecule has 0 N–H and O–H groups in total. The van der Waals surface area contributed by atoms with Crippen molar-refractivity contribution in [2.45, 2.75) is 50.9 Å². The van der Waals surface area contributed by atoms with Crippen molar-refractivity contribution in [3.05, 3.63) is 33.8 Å². The van der Waals surface area contributed by atoms with Gasteiger partial charge in [0.05, 0.1) is 26.3 Å². The van der Waals surface area contributed by atoms with E-state index in [1.807, 2.05) is 5.38 Å². The number of ether oxygens (including phenoxy) is 3. The highest BCUT2D eigenvalue weighted by molar-refractivity contribution is 7.10. The van der Waals surface area contributed by atoms with Crippen LogP contribution in [0.15, 0.2) is 17.5 Å². The van der Waals surface area contributed by atoms with Crippen LogP contribution in [0.5, 0.6) is 17.2 Å². The van der Waals surface area contributed by atoms with Gasteiger partial charge in [-0.2, -0.15) is 0 Å². The molecule has 3 rings (SSSR count). The average molecular weight is 390 g/mol. The highest BCUT2D eigenvalue weighted by atomic mass is 32.1. The highest BCUT2D eigenvalue weighted by Gasteiger charge is 2.22. The third kappa shape index (κ3) is 4.43. The average Bonchev–Trinajstić information content (AvgIpc) is 3.15. The Balaban J connectivity index is 1.85. The van der Waals surface area contributed by atoms with E-state index >= 15 is 0 Å². The molecule has 1 aliphatic rings. The van der Waals surface area contributed by atoms with E-state index in [0.717, 1.165) is 5.01 Å². The van der Waals surface area contributed by atoms with Crippen molar-refractivity contribution in [3.63, 3.8) is 0 Å². The van der Waals surface area contributed by atoms with Crippen molar-refractivity contribution in [2.24, 2.45) is 0 Å². The molecular formula is C21H27NO4S. The van der Waals surface area contributed by atoms with Gasteiger partial charge in [0.15, 0.2) is 11.5 Å². The van der Waals surface area contributed by atoms with Crippen LogP contribution in [0.1, 0.15) is 71.9 Å². The maximum atomic E-state index is 13.0. The molecule has 0 unspecified atom stereocenters. The van der Waals surface area contributed by atoms with E-state index in [0.29, 0.717) is 34.4 Å². The standard InChI is InChI=1S/C21H27NO4S/c1-24-17-11-15(12-18(25-2)20(17)26-3)19(23)16-13-27-21(22-16)14-9-7-5-4-6-8-10-14/h11-14H,4-10H2,1-3H3. The molecule has 6 heteroatoms. The fourth-order valence-corrected chi connectivity index (χ4v) is 4.61. The number of benzene rings is 1. The van der Waals surface area contributed by atoms with Gasteiger partial charge in [0, 0.05) is 16.9 Å². The molecule has 0 atom stereocenters. The molecular weight excluding hydrogens is 362 g/mol. The van der Waals surface area contributed by atoms with Crippen LogP contribution in [0, 0.1) is 0 Å². The minimum atomic E-state index is -0.123. The molecule has 146 valence electrons. The van der Waals surface area contributed by atoms with Crippen LogP contribution >= 0.6 is 11.3 Å². The molecule has 5 nitrogen and oxygen atoms in total. The molecule has 1 fully saturated rings. The first-order chi connectivity index (χ1) is 13.2. The first kappa shape index (κ1) is 19.7. The largest absolute Gasteiger partial charge is 0.493 e. The molecule has 2 aromatic rings. The molecule has 1 aromatic heterocycles. The number of aromatic nitrogens is 1. The van der Waals surface area contributed by atoms with Crippen LogP contribution < -0.4 is 14.2 Å². The third-order valence-electron chi connectivity index (χ3n) is 5.14. The van der Waals surface area contributed by atoms with Crippen LogP contribution in [0.2, 0.25) is 0 Å². The van der Waals surface area contributed by atoms with Crippen molar-refractivity contribution >= 4 is 17.1 Å². The number of carbonyl (C=O) groups is 1. The molecule has 0 amide bonds. The summed E-state index contributed by atoms with van der Waals surface area (Å²) < 4.78 is 16.0. The number of thiazole rings is 1. The van der Waals surface area contributed by atoms with Crippen molar-refractivity contribution in [3.8, 4) is 17.2 Å². The molecule has 0 bridgehead atoms. The van der Waals surface area contributed by atoms with Gasteiger partial charge in [0.2, 0.25) is 11.5 Å². The zero-order valence-corrected chi connectivity index (χ0v) is 17.1. The van der Waals surface area contributed by atoms with E-state index in [1.165, 1.54) is 44.9 Å². The zero-order valence-electron chi connectivity index (χ0n) is 16.2. The second-order valence-corrected chi connectivity index (χ2v) is 7.75. The highest BCUT2D eigenvalue weighted by Crippen LogP contribution is 2.39. The van der Waals surface area contributed by atoms with Gasteiger partial charge in [0.1, 0.15) is 5.69 Å². The molecule has 1 aromatic carbocycles. The van der Waals surface area contributed by atoms with E-state index in [-0.39, 0.29) is 5.78 Å². The number of hydrogen-bond acceptors (Lipinski definition) is 6. The number of methoxy groups -OCH3 is 3. The van der Waals surface area contributed by atoms with Crippen LogP contribution in [0.3, 0.4) is 0 Å². The maximum absolute atomic E-state index is 13.0. The summed E-state index contributed by atoms with van der Waals surface area (Å²) in [5.74, 6) is 1.77. The Bertz CT molecular complexity index is 753. The van der Waals surface area contributed by atoms with Gasteiger partial charge in [-0.1, -0.05) is 32.1 Å². The Labute approximate surface area is 164 Å². The number of hydrogen-bond donors (Lipinski definition) is 0. The Morgan fingerprint density at radius 3 is 2.11 bits per heavy atom. The summed E-state index contributed by atoms with van der Waals surface area (Å²) in [6.07, 6.45) is 8.80. The molecule has 1 heterocycles. The Morgan fingerprint density at radius 1 is 0.963 bits per heavy atom. The summed E-state index contributed by atoms with van der Waals surface area (Å²) in [5, 5.41) is 2.97. The lowest BCUT2D eigenvalue weighted by Crippen LogP contribution is -2.06. The van der Waals surface area contributed by atoms with Crippen LogP contribution in [-0.4, -0.2) is 32.1 Å². The second-order valence-electron chi connectivity index (χ2n) is 6.86.